The van der Waals surface area contributed by atoms with Crippen molar-refractivity contribution < 1.29 is 0 Å². The molecule has 0 aromatic heterocycles. The Labute approximate surface area is 138 Å². The van der Waals surface area contributed by atoms with Crippen LogP contribution in [0.15, 0.2) is 22.4 Å². The van der Waals surface area contributed by atoms with Crippen molar-refractivity contribution in [3.63, 3.8) is 0 Å². The Morgan fingerprint density at radius 2 is 1.87 bits per heavy atom. The van der Waals surface area contributed by atoms with Gasteiger partial charge < -0.3 is 15.1 Å². The smallest absolute Gasteiger partial charge is 0.133 e. The molecule has 0 saturated carbocycles. The highest BCUT2D eigenvalue weighted by Gasteiger charge is 2.27. The first-order valence-electron chi connectivity index (χ1n) is 7.72. The van der Waals surface area contributed by atoms with Crippen molar-refractivity contribution in [2.24, 2.45) is 0 Å². The summed E-state index contributed by atoms with van der Waals surface area (Å²) >= 11 is 0. The molecule has 6 nitrogen and oxygen atoms in total. The number of hydrogen-bond acceptors (Lipinski definition) is 6. The summed E-state index contributed by atoms with van der Waals surface area (Å²) in [6, 6.07) is 6.34. The van der Waals surface area contributed by atoms with E-state index in [9.17, 15) is 5.26 Å². The topological polar surface area (TPSA) is 89.9 Å². The van der Waals surface area contributed by atoms with Crippen molar-refractivity contribution in [1.29, 1.82) is 15.8 Å². The number of nitrogens with one attached hydrogen (secondary N) is 1. The molecule has 0 amide bonds. The van der Waals surface area contributed by atoms with Crippen LogP contribution in [0.3, 0.4) is 0 Å². The van der Waals surface area contributed by atoms with E-state index in [4.69, 9.17) is 10.5 Å². The lowest BCUT2D eigenvalue weighted by Crippen LogP contribution is -2.38. The first kappa shape index (κ1) is 18.7. The summed E-state index contributed by atoms with van der Waals surface area (Å²) in [6.45, 7) is 7.22. The van der Waals surface area contributed by atoms with Crippen LogP contribution in [0.25, 0.3) is 0 Å². The number of likely N-dealkylation sites (tertiary alicyclic amines) is 1. The van der Waals surface area contributed by atoms with Crippen LogP contribution in [0.2, 0.25) is 0 Å². The molecule has 1 heterocycles. The molecule has 6 heteroatoms. The number of allylic oxidation sites excluding steroid dienone is 4. The van der Waals surface area contributed by atoms with Crippen LogP contribution >= 0.6 is 0 Å². The zero-order valence-corrected chi connectivity index (χ0v) is 14.3. The average molecular weight is 312 g/mol. The third-order valence-corrected chi connectivity index (χ3v) is 4.42. The molecule has 23 heavy (non-hydrogen) atoms. The van der Waals surface area contributed by atoms with Crippen LogP contribution in [0.1, 0.15) is 20.3 Å². The molecule has 122 valence electrons. The summed E-state index contributed by atoms with van der Waals surface area (Å²) < 4.78 is 0. The normalized spacial score (nSPS) is 18.0. The maximum absolute atomic E-state index is 9.45. The lowest BCUT2D eigenvalue weighted by atomic mass is 10.0. The molecule has 1 N–H and O–H groups in total. The summed E-state index contributed by atoms with van der Waals surface area (Å²) in [4.78, 5) is 4.50. The van der Waals surface area contributed by atoms with E-state index in [0.29, 0.717) is 17.2 Å². The van der Waals surface area contributed by atoms with E-state index in [2.05, 4.69) is 28.2 Å². The molecule has 1 aliphatic rings. The van der Waals surface area contributed by atoms with Gasteiger partial charge in [0.1, 0.15) is 23.8 Å². The first-order chi connectivity index (χ1) is 11.0. The Kier molecular flexibility index (Phi) is 7.29. The van der Waals surface area contributed by atoms with Crippen molar-refractivity contribution >= 4 is 0 Å². The number of nitriles is 3. The van der Waals surface area contributed by atoms with Gasteiger partial charge in [0.05, 0.1) is 5.57 Å². The predicted octanol–water partition coefficient (Wildman–Crippen LogP) is 1.37. The molecule has 1 rings (SSSR count). The van der Waals surface area contributed by atoms with Crippen molar-refractivity contribution in [3.05, 3.63) is 22.4 Å². The van der Waals surface area contributed by atoms with Gasteiger partial charge in [-0.2, -0.15) is 15.8 Å². The van der Waals surface area contributed by atoms with Gasteiger partial charge in [0, 0.05) is 37.9 Å². The maximum atomic E-state index is 9.45. The van der Waals surface area contributed by atoms with Gasteiger partial charge in [-0.05, 0) is 39.9 Å². The van der Waals surface area contributed by atoms with Gasteiger partial charge in [0.25, 0.3) is 0 Å². The summed E-state index contributed by atoms with van der Waals surface area (Å²) in [6.07, 6.45) is 1.04. The molecule has 0 aliphatic carbocycles. The monoisotopic (exact) mass is 312 g/mol. The number of hydrogen-bond donors (Lipinski definition) is 1. The van der Waals surface area contributed by atoms with Crippen molar-refractivity contribution in [1.82, 2.24) is 15.1 Å². The molecule has 1 saturated heterocycles. The average Bonchev–Trinajstić information content (AvgIpc) is 3.04. The van der Waals surface area contributed by atoms with Crippen LogP contribution < -0.4 is 5.32 Å². The quantitative estimate of drug-likeness (QED) is 0.588. The SMILES string of the molecule is CNCCN(C)C1CCN(/C(C)=C(\C#N)C(C)=C(C#N)C#N)C1. The van der Waals surface area contributed by atoms with Crippen LogP contribution in [-0.4, -0.2) is 56.1 Å². The highest BCUT2D eigenvalue weighted by Crippen LogP contribution is 2.24. The molecule has 0 aromatic rings. The van der Waals surface area contributed by atoms with E-state index in [1.165, 1.54) is 0 Å². The van der Waals surface area contributed by atoms with E-state index >= 15 is 0 Å². The molecule has 0 spiro atoms. The fourth-order valence-corrected chi connectivity index (χ4v) is 2.79. The molecular formula is C17H24N6. The number of likely N-dealkylation sites (N-methyl/N-ethyl adjacent to an activating group) is 2. The molecular weight excluding hydrogens is 288 g/mol. The lowest BCUT2D eigenvalue weighted by Gasteiger charge is -2.26. The summed E-state index contributed by atoms with van der Waals surface area (Å²) in [5.74, 6) is 0. The zero-order valence-electron chi connectivity index (χ0n) is 14.3. The Hall–Kier alpha value is -2.33. The van der Waals surface area contributed by atoms with Crippen molar-refractivity contribution in [2.75, 3.05) is 40.3 Å². The molecule has 1 unspecified atom stereocenters. The van der Waals surface area contributed by atoms with Gasteiger partial charge >= 0.3 is 0 Å². The second kappa shape index (κ2) is 8.96. The van der Waals surface area contributed by atoms with Gasteiger partial charge in [-0.15, -0.1) is 0 Å². The second-order valence-electron chi connectivity index (χ2n) is 5.77. The Balaban J connectivity index is 2.95. The second-order valence-corrected chi connectivity index (χ2v) is 5.77. The lowest BCUT2D eigenvalue weighted by molar-refractivity contribution is 0.245. The molecule has 1 fully saturated rings. The van der Waals surface area contributed by atoms with Gasteiger partial charge in [0.2, 0.25) is 0 Å². The van der Waals surface area contributed by atoms with Crippen LogP contribution in [0.4, 0.5) is 0 Å². The maximum Gasteiger partial charge on any atom is 0.133 e. The first-order valence-corrected chi connectivity index (χ1v) is 7.72. The largest absolute Gasteiger partial charge is 0.372 e. The van der Waals surface area contributed by atoms with Crippen LogP contribution in [-0.2, 0) is 0 Å². The molecule has 1 aliphatic heterocycles. The van der Waals surface area contributed by atoms with Gasteiger partial charge in [-0.3, -0.25) is 0 Å². The summed E-state index contributed by atoms with van der Waals surface area (Å²) in [5.41, 5.74) is 1.74. The minimum absolute atomic E-state index is 0.00258. The van der Waals surface area contributed by atoms with Gasteiger partial charge in [-0.25, -0.2) is 0 Å². The molecule has 0 bridgehead atoms. The Morgan fingerprint density at radius 3 is 2.39 bits per heavy atom. The van der Waals surface area contributed by atoms with Crippen molar-refractivity contribution in [2.45, 2.75) is 26.3 Å². The fourth-order valence-electron chi connectivity index (χ4n) is 2.79. The standard InChI is InChI=1S/C17H24N6/c1-13(15(9-18)10-19)17(11-20)14(2)23-7-5-16(12-23)22(4)8-6-21-3/h16,21H,5-8,12H2,1-4H3/b17-14+. The highest BCUT2D eigenvalue weighted by molar-refractivity contribution is 5.54. The van der Waals surface area contributed by atoms with E-state index in [-0.39, 0.29) is 5.57 Å². The van der Waals surface area contributed by atoms with Crippen LogP contribution in [0.5, 0.6) is 0 Å². The molecule has 0 radical (unpaired) electrons. The predicted molar refractivity (Wildman–Crippen MR) is 88.8 cm³/mol. The van der Waals surface area contributed by atoms with E-state index in [1.54, 1.807) is 6.92 Å². The number of rotatable bonds is 6. The Bertz CT molecular complexity index is 594. The molecule has 0 aromatic carbocycles. The third-order valence-electron chi connectivity index (χ3n) is 4.42. The highest BCUT2D eigenvalue weighted by atomic mass is 15.2. The van der Waals surface area contributed by atoms with E-state index < -0.39 is 0 Å². The number of nitrogens with zero attached hydrogens (tertiary/aromatic N) is 5. The van der Waals surface area contributed by atoms with Crippen LogP contribution in [0, 0.1) is 34.0 Å². The van der Waals surface area contributed by atoms with E-state index in [1.807, 2.05) is 26.1 Å². The summed E-state index contributed by atoms with van der Waals surface area (Å²) in [5, 5.41) is 30.6. The van der Waals surface area contributed by atoms with Crippen molar-refractivity contribution in [3.8, 4) is 18.2 Å². The summed E-state index contributed by atoms with van der Waals surface area (Å²) in [7, 11) is 4.06. The Morgan fingerprint density at radius 1 is 1.22 bits per heavy atom. The van der Waals surface area contributed by atoms with Gasteiger partial charge in [-0.1, -0.05) is 0 Å². The zero-order chi connectivity index (χ0) is 17.4. The van der Waals surface area contributed by atoms with Gasteiger partial charge in [0.15, 0.2) is 0 Å². The molecule has 1 atom stereocenters. The minimum Gasteiger partial charge on any atom is -0.372 e. The minimum atomic E-state index is 0.00258. The fraction of sp³-hybridized carbons (Fsp3) is 0.588. The van der Waals surface area contributed by atoms with E-state index in [0.717, 1.165) is 38.3 Å². The third kappa shape index (κ3) is 4.57.